The average Bonchev–Trinajstić information content (AvgIpc) is 2.73. The molecule has 0 aliphatic rings. The van der Waals surface area contributed by atoms with Crippen LogP contribution >= 0.6 is 28.6 Å². The number of nitrogens with zero attached hydrogens (tertiary/aromatic N) is 3. The fourth-order valence-electron chi connectivity index (χ4n) is 1.58. The molecule has 0 spiro atoms. The molecule has 0 bridgehead atoms. The number of nitrogens with one attached hydrogen (secondary N) is 1. The third-order valence-corrected chi connectivity index (χ3v) is 3.97. The highest BCUT2D eigenvalue weighted by atomic mass is 79.9. The van der Waals surface area contributed by atoms with Gasteiger partial charge in [0.1, 0.15) is 17.1 Å². The molecule has 0 aliphatic carbocycles. The van der Waals surface area contributed by atoms with Crippen LogP contribution in [0.5, 0.6) is 0 Å². The largest absolute Gasteiger partial charge is 0.464 e. The Morgan fingerprint density at radius 1 is 1.59 bits per heavy atom. The Labute approximate surface area is 140 Å². The summed E-state index contributed by atoms with van der Waals surface area (Å²) in [6.07, 6.45) is 0. The van der Waals surface area contributed by atoms with Crippen LogP contribution in [0, 0.1) is 17.0 Å². The maximum atomic E-state index is 11.9. The van der Waals surface area contributed by atoms with Crippen LogP contribution in [0.1, 0.15) is 12.6 Å². The molecule has 1 N–H and O–H groups in total. The predicted octanol–water partition coefficient (Wildman–Crippen LogP) is 0.840. The molecule has 122 valence electrons. The van der Waals surface area contributed by atoms with E-state index in [-0.39, 0.29) is 29.2 Å². The quantitative estimate of drug-likeness (QED) is 0.306. The number of carbonyl (C=O) groups excluding carboxylic acids is 2. The first kappa shape index (κ1) is 18.4. The summed E-state index contributed by atoms with van der Waals surface area (Å²) in [5.74, 6) is -1.41. The van der Waals surface area contributed by atoms with Gasteiger partial charge in [-0.1, -0.05) is 0 Å². The van der Waals surface area contributed by atoms with Crippen LogP contribution in [0.2, 0.25) is 0 Å². The minimum atomic E-state index is -0.884. The number of rotatable bonds is 7. The van der Waals surface area contributed by atoms with Gasteiger partial charge in [0.05, 0.1) is 17.4 Å². The zero-order chi connectivity index (χ0) is 16.9. The summed E-state index contributed by atoms with van der Waals surface area (Å²) in [5, 5.41) is 17.0. The smallest absolute Gasteiger partial charge is 0.404 e. The summed E-state index contributed by atoms with van der Waals surface area (Å²) in [6.45, 7) is 3.16. The van der Waals surface area contributed by atoms with Crippen molar-refractivity contribution in [2.45, 2.75) is 26.4 Å². The minimum Gasteiger partial charge on any atom is -0.464 e. The number of hydrogen-bond acceptors (Lipinski definition) is 7. The second-order valence-electron chi connectivity index (χ2n) is 4.19. The van der Waals surface area contributed by atoms with Crippen molar-refractivity contribution in [2.75, 3.05) is 12.4 Å². The Morgan fingerprint density at radius 2 is 2.23 bits per heavy atom. The first-order valence-corrected chi connectivity index (χ1v) is 7.68. The molecule has 1 heterocycles. The minimum absolute atomic E-state index is 0.0759. The first-order valence-electron chi connectivity index (χ1n) is 6.25. The molecule has 0 aromatic carbocycles. The zero-order valence-electron chi connectivity index (χ0n) is 11.9. The average molecular weight is 395 g/mol. The second-order valence-corrected chi connectivity index (χ2v) is 5.35. The van der Waals surface area contributed by atoms with Crippen LogP contribution in [0.25, 0.3) is 0 Å². The van der Waals surface area contributed by atoms with Crippen LogP contribution in [0.15, 0.2) is 4.47 Å². The van der Waals surface area contributed by atoms with E-state index in [9.17, 15) is 19.7 Å². The number of hydrogen-bond donors (Lipinski definition) is 2. The molecule has 9 nitrogen and oxygen atoms in total. The summed E-state index contributed by atoms with van der Waals surface area (Å²) < 4.78 is 6.19. The first-order chi connectivity index (χ1) is 10.3. The van der Waals surface area contributed by atoms with Crippen molar-refractivity contribution < 1.29 is 19.2 Å². The van der Waals surface area contributed by atoms with E-state index < -0.39 is 22.8 Å². The van der Waals surface area contributed by atoms with E-state index in [1.54, 1.807) is 13.8 Å². The van der Waals surface area contributed by atoms with Crippen molar-refractivity contribution in [3.63, 3.8) is 0 Å². The van der Waals surface area contributed by atoms with Gasteiger partial charge in [0, 0.05) is 5.75 Å². The molecule has 0 unspecified atom stereocenters. The summed E-state index contributed by atoms with van der Waals surface area (Å²) in [5.41, 5.74) is 0.431. The van der Waals surface area contributed by atoms with Crippen molar-refractivity contribution >= 4 is 46.3 Å². The molecule has 1 amide bonds. The number of nitro groups is 1. The topological polar surface area (TPSA) is 116 Å². The summed E-state index contributed by atoms with van der Waals surface area (Å²) in [6, 6.07) is -0.884. The van der Waals surface area contributed by atoms with Crippen molar-refractivity contribution in [3.8, 4) is 0 Å². The Morgan fingerprint density at radius 3 is 2.68 bits per heavy atom. The standard InChI is InChI=1S/C11H15BrN4O5S/c1-3-21-11(18)7(5-22)13-8(17)4-15-6(2)9(12)10(14-15)16(19)20/h7,22H,3-5H2,1-2H3,(H,13,17)/t7-/m0/s1. The summed E-state index contributed by atoms with van der Waals surface area (Å²) in [7, 11) is 0. The van der Waals surface area contributed by atoms with Gasteiger partial charge in [-0.3, -0.25) is 4.79 Å². The van der Waals surface area contributed by atoms with Gasteiger partial charge in [-0.2, -0.15) is 17.3 Å². The Bertz CT molecular complexity index is 591. The maximum Gasteiger partial charge on any atom is 0.404 e. The summed E-state index contributed by atoms with van der Waals surface area (Å²) >= 11 is 7.04. The van der Waals surface area contributed by atoms with Gasteiger partial charge < -0.3 is 20.2 Å². The van der Waals surface area contributed by atoms with Crippen molar-refractivity contribution in [3.05, 3.63) is 20.3 Å². The van der Waals surface area contributed by atoms with E-state index >= 15 is 0 Å². The Balaban J connectivity index is 2.79. The molecule has 1 atom stereocenters. The van der Waals surface area contributed by atoms with Gasteiger partial charge in [0.25, 0.3) is 0 Å². The molecule has 0 saturated heterocycles. The van der Waals surface area contributed by atoms with Crippen LogP contribution in [-0.4, -0.2) is 45.0 Å². The molecular formula is C11H15BrN4O5S. The van der Waals surface area contributed by atoms with Crippen molar-refractivity contribution in [2.24, 2.45) is 0 Å². The lowest BCUT2D eigenvalue weighted by Gasteiger charge is -2.14. The van der Waals surface area contributed by atoms with Crippen LogP contribution < -0.4 is 5.32 Å². The van der Waals surface area contributed by atoms with Gasteiger partial charge >= 0.3 is 11.8 Å². The lowest BCUT2D eigenvalue weighted by atomic mass is 10.3. The lowest BCUT2D eigenvalue weighted by Crippen LogP contribution is -2.44. The van der Waals surface area contributed by atoms with Crippen molar-refractivity contribution in [1.29, 1.82) is 0 Å². The Hall–Kier alpha value is -1.62. The number of ether oxygens (including phenoxy) is 1. The monoisotopic (exact) mass is 394 g/mol. The summed E-state index contributed by atoms with van der Waals surface area (Å²) in [4.78, 5) is 33.6. The van der Waals surface area contributed by atoms with E-state index in [4.69, 9.17) is 4.74 Å². The van der Waals surface area contributed by atoms with Crippen LogP contribution in [0.4, 0.5) is 5.82 Å². The third kappa shape index (κ3) is 4.44. The molecule has 0 radical (unpaired) electrons. The molecule has 11 heteroatoms. The highest BCUT2D eigenvalue weighted by Crippen LogP contribution is 2.26. The number of halogens is 1. The normalized spacial score (nSPS) is 11.8. The predicted molar refractivity (Wildman–Crippen MR) is 83.7 cm³/mol. The molecule has 1 aromatic rings. The SMILES string of the molecule is CCOC(=O)[C@H](CS)NC(=O)Cn1nc([N+](=O)[O-])c(Br)c1C. The highest BCUT2D eigenvalue weighted by molar-refractivity contribution is 9.10. The van der Waals surface area contributed by atoms with Crippen LogP contribution in [0.3, 0.4) is 0 Å². The van der Waals surface area contributed by atoms with Gasteiger partial charge in [0.2, 0.25) is 5.91 Å². The van der Waals surface area contributed by atoms with Crippen molar-refractivity contribution in [1.82, 2.24) is 15.1 Å². The number of amides is 1. The maximum absolute atomic E-state index is 11.9. The van der Waals surface area contributed by atoms with E-state index in [1.807, 2.05) is 0 Å². The van der Waals surface area contributed by atoms with E-state index in [2.05, 4.69) is 39.0 Å². The molecule has 22 heavy (non-hydrogen) atoms. The fourth-order valence-corrected chi connectivity index (χ4v) is 2.25. The number of esters is 1. The number of carbonyl (C=O) groups is 2. The molecular weight excluding hydrogens is 380 g/mol. The van der Waals surface area contributed by atoms with Gasteiger partial charge in [-0.25, -0.2) is 4.79 Å². The van der Waals surface area contributed by atoms with Gasteiger partial charge in [-0.15, -0.1) is 0 Å². The molecule has 0 aliphatic heterocycles. The highest BCUT2D eigenvalue weighted by Gasteiger charge is 2.26. The van der Waals surface area contributed by atoms with E-state index in [0.717, 1.165) is 0 Å². The van der Waals surface area contributed by atoms with E-state index in [0.29, 0.717) is 5.69 Å². The van der Waals surface area contributed by atoms with Gasteiger partial charge in [-0.05, 0) is 34.7 Å². The van der Waals surface area contributed by atoms with E-state index in [1.165, 1.54) is 4.68 Å². The second kappa shape index (κ2) is 8.13. The lowest BCUT2D eigenvalue weighted by molar-refractivity contribution is -0.390. The third-order valence-electron chi connectivity index (χ3n) is 2.67. The molecule has 0 saturated carbocycles. The fraction of sp³-hybridized carbons (Fsp3) is 0.545. The number of aromatic nitrogens is 2. The van der Waals surface area contributed by atoms with Gasteiger partial charge in [0.15, 0.2) is 0 Å². The molecule has 1 rings (SSSR count). The zero-order valence-corrected chi connectivity index (χ0v) is 14.4. The molecule has 0 fully saturated rings. The Kier molecular flexibility index (Phi) is 6.81. The van der Waals surface area contributed by atoms with Crippen LogP contribution in [-0.2, 0) is 20.9 Å². The molecule has 1 aromatic heterocycles. The number of thiol groups is 1.